The average Bonchev–Trinajstić information content (AvgIpc) is 2.35. The Morgan fingerprint density at radius 2 is 1.53 bits per heavy atom. The summed E-state index contributed by atoms with van der Waals surface area (Å²) in [6, 6.07) is 0.710. The summed E-state index contributed by atoms with van der Waals surface area (Å²) < 4.78 is 72.5. The quantitative estimate of drug-likeness (QED) is 0.865. The number of halogens is 5. The van der Waals surface area contributed by atoms with Crippen molar-refractivity contribution in [3.63, 3.8) is 0 Å². The van der Waals surface area contributed by atoms with E-state index in [0.717, 1.165) is 12.1 Å². The highest BCUT2D eigenvalue weighted by molar-refractivity contribution is 5.44. The molecule has 8 heteroatoms. The number of nitrogens with two attached hydrogens (primary N) is 1. The van der Waals surface area contributed by atoms with E-state index in [1.165, 1.54) is 20.3 Å². The Balaban J connectivity index is 3.17. The highest BCUT2D eigenvalue weighted by Crippen LogP contribution is 2.44. The maximum absolute atomic E-state index is 13.1. The molecule has 0 saturated carbocycles. The van der Waals surface area contributed by atoms with Gasteiger partial charge in [-0.05, 0) is 17.7 Å². The van der Waals surface area contributed by atoms with Crippen LogP contribution in [0.2, 0.25) is 0 Å². The van der Waals surface area contributed by atoms with Crippen LogP contribution in [0.4, 0.5) is 22.0 Å². The van der Waals surface area contributed by atoms with Crippen LogP contribution in [0.3, 0.4) is 0 Å². The molecule has 0 aliphatic carbocycles. The van der Waals surface area contributed by atoms with E-state index in [-0.39, 0.29) is 11.5 Å². The molecule has 0 radical (unpaired) electrons. The Hall–Kier alpha value is -1.57. The first-order valence-corrected chi connectivity index (χ1v) is 5.07. The highest BCUT2D eigenvalue weighted by atomic mass is 19.4. The summed E-state index contributed by atoms with van der Waals surface area (Å²) in [5.41, 5.74) is 4.60. The molecule has 0 aromatic heterocycles. The second-order valence-electron chi connectivity index (χ2n) is 3.71. The monoisotopic (exact) mass is 285 g/mol. The topological polar surface area (TPSA) is 44.5 Å². The fourth-order valence-corrected chi connectivity index (χ4v) is 1.43. The number of rotatable bonds is 4. The largest absolute Gasteiger partial charge is 0.493 e. The average molecular weight is 285 g/mol. The van der Waals surface area contributed by atoms with Crippen molar-refractivity contribution in [1.82, 2.24) is 0 Å². The Bertz CT molecular complexity index is 447. The molecule has 1 atom stereocenters. The molecule has 0 bridgehead atoms. The molecule has 0 heterocycles. The van der Waals surface area contributed by atoms with Gasteiger partial charge < -0.3 is 15.2 Å². The third-order valence-electron chi connectivity index (χ3n) is 2.54. The number of ether oxygens (including phenoxy) is 2. The van der Waals surface area contributed by atoms with Gasteiger partial charge in [-0.3, -0.25) is 0 Å². The van der Waals surface area contributed by atoms with Gasteiger partial charge in [-0.1, -0.05) is 6.07 Å². The molecular weight excluding hydrogens is 273 g/mol. The van der Waals surface area contributed by atoms with E-state index in [1.54, 1.807) is 0 Å². The Morgan fingerprint density at radius 1 is 1.00 bits per heavy atom. The summed E-state index contributed by atoms with van der Waals surface area (Å²) in [6.45, 7) is 0. The predicted octanol–water partition coefficient (Wildman–Crippen LogP) is 2.90. The molecule has 1 rings (SSSR count). The normalized spacial score (nSPS) is 14.1. The predicted molar refractivity (Wildman–Crippen MR) is 57.5 cm³/mol. The van der Waals surface area contributed by atoms with Crippen molar-refractivity contribution in [3.8, 4) is 11.5 Å². The summed E-state index contributed by atoms with van der Waals surface area (Å²) in [7, 11) is 2.54. The van der Waals surface area contributed by atoms with Gasteiger partial charge in [-0.25, -0.2) is 0 Å². The van der Waals surface area contributed by atoms with Crippen molar-refractivity contribution in [2.24, 2.45) is 5.73 Å². The first-order valence-electron chi connectivity index (χ1n) is 5.07. The van der Waals surface area contributed by atoms with Crippen LogP contribution in [0.25, 0.3) is 0 Å². The van der Waals surface area contributed by atoms with Crippen LogP contribution in [0.5, 0.6) is 11.5 Å². The molecule has 0 spiro atoms. The van der Waals surface area contributed by atoms with Gasteiger partial charge in [0.1, 0.15) is 6.04 Å². The van der Waals surface area contributed by atoms with E-state index >= 15 is 0 Å². The van der Waals surface area contributed by atoms with Gasteiger partial charge in [-0.2, -0.15) is 22.0 Å². The Morgan fingerprint density at radius 3 is 1.95 bits per heavy atom. The molecule has 0 aliphatic rings. The fourth-order valence-electron chi connectivity index (χ4n) is 1.43. The molecule has 19 heavy (non-hydrogen) atoms. The minimum absolute atomic E-state index is 0.0217. The molecule has 3 nitrogen and oxygen atoms in total. The number of hydrogen-bond acceptors (Lipinski definition) is 3. The molecule has 0 unspecified atom stereocenters. The minimum Gasteiger partial charge on any atom is -0.493 e. The minimum atomic E-state index is -5.72. The SMILES string of the molecule is COc1ccc([C@H](N)C(F)(F)C(F)(F)F)cc1OC. The van der Waals surface area contributed by atoms with E-state index in [9.17, 15) is 22.0 Å². The number of hydrogen-bond donors (Lipinski definition) is 1. The first kappa shape index (κ1) is 15.5. The van der Waals surface area contributed by atoms with Crippen molar-refractivity contribution in [2.75, 3.05) is 14.2 Å². The highest BCUT2D eigenvalue weighted by Gasteiger charge is 2.61. The Kier molecular flexibility index (Phi) is 4.24. The van der Waals surface area contributed by atoms with Crippen LogP contribution in [-0.4, -0.2) is 26.3 Å². The van der Waals surface area contributed by atoms with E-state index in [2.05, 4.69) is 0 Å². The van der Waals surface area contributed by atoms with Gasteiger partial charge in [-0.15, -0.1) is 0 Å². The van der Waals surface area contributed by atoms with Crippen molar-refractivity contribution in [3.05, 3.63) is 23.8 Å². The smallest absolute Gasteiger partial charge is 0.455 e. The van der Waals surface area contributed by atoms with Gasteiger partial charge in [0.05, 0.1) is 14.2 Å². The molecule has 2 N–H and O–H groups in total. The molecule has 0 saturated heterocycles. The van der Waals surface area contributed by atoms with E-state index < -0.39 is 23.7 Å². The number of benzene rings is 1. The van der Waals surface area contributed by atoms with Gasteiger partial charge in [0.2, 0.25) is 0 Å². The lowest BCUT2D eigenvalue weighted by Crippen LogP contribution is -2.45. The van der Waals surface area contributed by atoms with E-state index in [0.29, 0.717) is 0 Å². The lowest BCUT2D eigenvalue weighted by atomic mass is 10.0. The summed E-state index contributed by atoms with van der Waals surface area (Å²) in [5.74, 6) is -4.81. The third kappa shape index (κ3) is 2.89. The molecule has 0 aliphatic heterocycles. The number of methoxy groups -OCH3 is 2. The van der Waals surface area contributed by atoms with Crippen molar-refractivity contribution in [2.45, 2.75) is 18.1 Å². The third-order valence-corrected chi connectivity index (χ3v) is 2.54. The van der Waals surface area contributed by atoms with E-state index in [4.69, 9.17) is 15.2 Å². The van der Waals surface area contributed by atoms with Gasteiger partial charge in [0.25, 0.3) is 0 Å². The lowest BCUT2D eigenvalue weighted by Gasteiger charge is -2.26. The zero-order chi connectivity index (χ0) is 14.8. The fraction of sp³-hybridized carbons (Fsp3) is 0.455. The van der Waals surface area contributed by atoms with Crippen LogP contribution < -0.4 is 15.2 Å². The van der Waals surface area contributed by atoms with Gasteiger partial charge >= 0.3 is 12.1 Å². The summed E-state index contributed by atoms with van der Waals surface area (Å²) in [4.78, 5) is 0. The van der Waals surface area contributed by atoms with Crippen LogP contribution in [-0.2, 0) is 0 Å². The second kappa shape index (κ2) is 5.20. The van der Waals surface area contributed by atoms with Crippen molar-refractivity contribution in [1.29, 1.82) is 0 Å². The Labute approximate surface area is 106 Å². The van der Waals surface area contributed by atoms with Crippen molar-refractivity contribution < 1.29 is 31.4 Å². The molecule has 108 valence electrons. The second-order valence-corrected chi connectivity index (χ2v) is 3.71. The molecular formula is C11H12F5NO2. The standard InChI is InChI=1S/C11H12F5NO2/c1-18-7-4-3-6(5-8(7)19-2)9(17)10(12,13)11(14,15)16/h3-5,9H,17H2,1-2H3/t9-/m0/s1. The summed E-state index contributed by atoms with van der Waals surface area (Å²) in [6.07, 6.45) is -5.72. The first-order chi connectivity index (χ1) is 8.65. The van der Waals surface area contributed by atoms with Crippen LogP contribution >= 0.6 is 0 Å². The van der Waals surface area contributed by atoms with E-state index in [1.807, 2.05) is 0 Å². The zero-order valence-corrected chi connectivity index (χ0v) is 10.1. The van der Waals surface area contributed by atoms with Gasteiger partial charge in [0.15, 0.2) is 11.5 Å². The maximum atomic E-state index is 13.1. The number of alkyl halides is 5. The van der Waals surface area contributed by atoms with Crippen LogP contribution in [0.15, 0.2) is 18.2 Å². The van der Waals surface area contributed by atoms with Crippen molar-refractivity contribution >= 4 is 0 Å². The zero-order valence-electron chi connectivity index (χ0n) is 10.1. The molecule has 1 aromatic carbocycles. The van der Waals surface area contributed by atoms with Gasteiger partial charge in [0, 0.05) is 0 Å². The summed E-state index contributed by atoms with van der Waals surface area (Å²) in [5, 5.41) is 0. The maximum Gasteiger partial charge on any atom is 0.455 e. The molecule has 0 fully saturated rings. The van der Waals surface area contributed by atoms with Crippen LogP contribution in [0.1, 0.15) is 11.6 Å². The summed E-state index contributed by atoms with van der Waals surface area (Å²) >= 11 is 0. The lowest BCUT2D eigenvalue weighted by molar-refractivity contribution is -0.291. The van der Waals surface area contributed by atoms with Crippen LogP contribution in [0, 0.1) is 0 Å². The molecule has 1 aromatic rings. The molecule has 0 amide bonds.